The minimum atomic E-state index is -4.74. The highest BCUT2D eigenvalue weighted by Gasteiger charge is 2.44. The number of rotatable bonds is 6. The highest BCUT2D eigenvalue weighted by atomic mass is 31.2. The minimum Gasteiger partial charge on any atom is -0.355 e. The van der Waals surface area contributed by atoms with Gasteiger partial charge in [0.1, 0.15) is 11.3 Å². The van der Waals surface area contributed by atoms with E-state index in [1.54, 1.807) is 18.2 Å². The molecule has 2 aromatic carbocycles. The van der Waals surface area contributed by atoms with Crippen LogP contribution in [-0.4, -0.2) is 32.2 Å². The van der Waals surface area contributed by atoms with Gasteiger partial charge in [-0.15, -0.1) is 0 Å². The molecular weight excluding hydrogens is 550 g/mol. The van der Waals surface area contributed by atoms with Crippen LogP contribution in [-0.2, 0) is 28.1 Å². The van der Waals surface area contributed by atoms with Gasteiger partial charge in [-0.3, -0.25) is 4.52 Å². The molecule has 2 aromatic heterocycles. The van der Waals surface area contributed by atoms with Crippen molar-refractivity contribution in [3.8, 4) is 34.0 Å². The molecule has 9 nitrogen and oxygen atoms in total. The van der Waals surface area contributed by atoms with Gasteiger partial charge in [-0.25, -0.2) is 4.57 Å². The van der Waals surface area contributed by atoms with E-state index in [1.807, 2.05) is 18.2 Å². The predicted molar refractivity (Wildman–Crippen MR) is 137 cm³/mol. The first-order valence-electron chi connectivity index (χ1n) is 12.7. The molecule has 0 saturated heterocycles. The normalized spacial score (nSPS) is 20.9. The highest BCUT2D eigenvalue weighted by molar-refractivity contribution is 7.46. The zero-order valence-corrected chi connectivity index (χ0v) is 21.9. The summed E-state index contributed by atoms with van der Waals surface area (Å²) in [6.07, 6.45) is -2.00. The lowest BCUT2D eigenvalue weighted by molar-refractivity contribution is -0.136. The second kappa shape index (κ2) is 9.67. The molecule has 2 aliphatic rings. The fourth-order valence-electron chi connectivity index (χ4n) is 5.78. The van der Waals surface area contributed by atoms with Gasteiger partial charge in [-0.05, 0) is 49.1 Å². The number of fused-ring (bicyclic) bond motifs is 3. The van der Waals surface area contributed by atoms with Crippen LogP contribution < -0.4 is 5.73 Å². The second-order valence-electron chi connectivity index (χ2n) is 10.4. The number of phosphoric acid groups is 1. The summed E-state index contributed by atoms with van der Waals surface area (Å²) in [5.41, 5.74) is 8.10. The Morgan fingerprint density at radius 2 is 1.77 bits per heavy atom. The molecule has 40 heavy (non-hydrogen) atoms. The Morgan fingerprint density at radius 3 is 2.50 bits per heavy atom. The number of phosphoric ester groups is 1. The molecule has 2 atom stereocenters. The third kappa shape index (κ3) is 5.02. The van der Waals surface area contributed by atoms with Gasteiger partial charge in [0.05, 0.1) is 6.61 Å². The van der Waals surface area contributed by atoms with Crippen LogP contribution in [0.25, 0.3) is 34.0 Å². The topological polar surface area (TPSA) is 145 Å². The van der Waals surface area contributed by atoms with Crippen LogP contribution in [0.3, 0.4) is 0 Å². The minimum absolute atomic E-state index is 0.0586. The largest absolute Gasteiger partial charge is 0.469 e. The SMILES string of the molecule is NC1(COP(=O)(O)O)CCC(c2ccc3c(c2)CCc2c-3noc2-c2noc(-c3ccccc3)c2C(F)(F)F)C1. The summed E-state index contributed by atoms with van der Waals surface area (Å²) in [6.45, 7) is -0.238. The van der Waals surface area contributed by atoms with Gasteiger partial charge in [0.15, 0.2) is 17.2 Å². The summed E-state index contributed by atoms with van der Waals surface area (Å²) in [6, 6.07) is 13.8. The van der Waals surface area contributed by atoms with Gasteiger partial charge >= 0.3 is 14.0 Å². The van der Waals surface area contributed by atoms with Crippen LogP contribution >= 0.6 is 7.82 Å². The molecule has 13 heteroatoms. The van der Waals surface area contributed by atoms with Crippen molar-refractivity contribution in [2.75, 3.05) is 6.61 Å². The van der Waals surface area contributed by atoms with Crippen molar-refractivity contribution >= 4 is 7.82 Å². The lowest BCUT2D eigenvalue weighted by Gasteiger charge is -2.24. The number of hydrogen-bond acceptors (Lipinski definition) is 7. The molecule has 0 spiro atoms. The van der Waals surface area contributed by atoms with E-state index < -0.39 is 30.8 Å². The molecule has 2 aliphatic carbocycles. The molecule has 6 rings (SSSR count). The molecule has 0 amide bonds. The molecular formula is C27H25F3N3O6P. The van der Waals surface area contributed by atoms with Crippen LogP contribution in [0.2, 0.25) is 0 Å². The quantitative estimate of drug-likeness (QED) is 0.241. The third-order valence-corrected chi connectivity index (χ3v) is 8.14. The maximum absolute atomic E-state index is 14.2. The van der Waals surface area contributed by atoms with E-state index in [4.69, 9.17) is 24.6 Å². The smallest absolute Gasteiger partial charge is 0.355 e. The van der Waals surface area contributed by atoms with Crippen molar-refractivity contribution in [1.82, 2.24) is 10.3 Å². The van der Waals surface area contributed by atoms with Crippen LogP contribution in [0.15, 0.2) is 57.6 Å². The third-order valence-electron chi connectivity index (χ3n) is 7.68. The number of alkyl halides is 3. The fraction of sp³-hybridized carbons (Fsp3) is 0.333. The summed E-state index contributed by atoms with van der Waals surface area (Å²) in [7, 11) is -4.62. The summed E-state index contributed by atoms with van der Waals surface area (Å²) < 4.78 is 69.1. The highest BCUT2D eigenvalue weighted by Crippen LogP contribution is 2.48. The number of halogens is 3. The van der Waals surface area contributed by atoms with Crippen LogP contribution in [0, 0.1) is 0 Å². The maximum Gasteiger partial charge on any atom is 0.469 e. The van der Waals surface area contributed by atoms with Crippen molar-refractivity contribution in [3.63, 3.8) is 0 Å². The van der Waals surface area contributed by atoms with Crippen molar-refractivity contribution < 1.29 is 41.1 Å². The maximum atomic E-state index is 14.2. The Bertz CT molecular complexity index is 1610. The summed E-state index contributed by atoms with van der Waals surface area (Å²) in [4.78, 5) is 18.1. The monoisotopic (exact) mass is 575 g/mol. The van der Waals surface area contributed by atoms with Crippen molar-refractivity contribution in [1.29, 1.82) is 0 Å². The number of benzene rings is 2. The van der Waals surface area contributed by atoms with Crippen molar-refractivity contribution in [2.24, 2.45) is 5.73 Å². The molecule has 0 bridgehead atoms. The van der Waals surface area contributed by atoms with E-state index in [2.05, 4.69) is 14.8 Å². The Morgan fingerprint density at radius 1 is 1.05 bits per heavy atom. The number of nitrogens with zero attached hydrogens (tertiary/aromatic N) is 2. The molecule has 4 N–H and O–H groups in total. The fourth-order valence-corrected chi connectivity index (χ4v) is 6.21. The molecule has 4 aromatic rings. The zero-order valence-electron chi connectivity index (χ0n) is 21.0. The van der Waals surface area contributed by atoms with Gasteiger partial charge in [-0.1, -0.05) is 58.8 Å². The van der Waals surface area contributed by atoms with Gasteiger partial charge in [-0.2, -0.15) is 13.2 Å². The average molecular weight is 575 g/mol. The van der Waals surface area contributed by atoms with E-state index in [-0.39, 0.29) is 29.6 Å². The lowest BCUT2D eigenvalue weighted by Crippen LogP contribution is -2.41. The van der Waals surface area contributed by atoms with E-state index >= 15 is 0 Å². The van der Waals surface area contributed by atoms with Crippen molar-refractivity contribution in [2.45, 2.75) is 49.7 Å². The molecule has 2 heterocycles. The first-order chi connectivity index (χ1) is 18.9. The van der Waals surface area contributed by atoms with Crippen LogP contribution in [0.5, 0.6) is 0 Å². The first kappa shape index (κ1) is 26.9. The summed E-state index contributed by atoms with van der Waals surface area (Å²) >= 11 is 0. The van der Waals surface area contributed by atoms with E-state index in [0.717, 1.165) is 23.1 Å². The number of nitrogens with two attached hydrogens (primary N) is 1. The molecule has 0 radical (unpaired) electrons. The number of aryl methyl sites for hydroxylation is 1. The van der Waals surface area contributed by atoms with Crippen molar-refractivity contribution in [3.05, 3.63) is 70.8 Å². The standard InChI is InChI=1S/C27H25F3N3O6P/c28-27(29,30)21-23(33-38-24(21)15-4-2-1-3-5-15)25-20-9-7-17-12-16(6-8-19(17)22(20)32-39-25)18-10-11-26(31,13-18)14-37-40(34,35)36/h1-6,8,12,18H,7,9-11,13-14,31H2,(H2,34,35,36). The molecule has 210 valence electrons. The summed E-state index contributed by atoms with van der Waals surface area (Å²) in [5.74, 6) is -0.365. The number of aromatic nitrogens is 2. The van der Waals surface area contributed by atoms with E-state index in [0.29, 0.717) is 36.9 Å². The van der Waals surface area contributed by atoms with E-state index in [1.165, 1.54) is 12.1 Å². The Balaban J connectivity index is 1.30. The zero-order chi connectivity index (χ0) is 28.3. The second-order valence-corrected chi connectivity index (χ2v) is 11.7. The molecule has 0 aliphatic heterocycles. The van der Waals surface area contributed by atoms with Crippen LogP contribution in [0.4, 0.5) is 13.2 Å². The average Bonchev–Trinajstić information content (AvgIpc) is 3.64. The van der Waals surface area contributed by atoms with Gasteiger partial charge in [0, 0.05) is 22.2 Å². The number of hydrogen-bond donors (Lipinski definition) is 3. The van der Waals surface area contributed by atoms with Gasteiger partial charge in [0.25, 0.3) is 0 Å². The molecule has 1 saturated carbocycles. The van der Waals surface area contributed by atoms with E-state index in [9.17, 15) is 17.7 Å². The Kier molecular flexibility index (Phi) is 6.51. The predicted octanol–water partition coefficient (Wildman–Crippen LogP) is 5.86. The molecule has 2 unspecified atom stereocenters. The summed E-state index contributed by atoms with van der Waals surface area (Å²) in [5, 5.41) is 7.92. The Labute approximate surface area is 226 Å². The lowest BCUT2D eigenvalue weighted by atomic mass is 9.84. The molecule has 1 fully saturated rings. The van der Waals surface area contributed by atoms with Crippen LogP contribution in [0.1, 0.15) is 47.4 Å². The first-order valence-corrected chi connectivity index (χ1v) is 14.2. The van der Waals surface area contributed by atoms with Gasteiger partial charge < -0.3 is 24.6 Å². The van der Waals surface area contributed by atoms with Gasteiger partial charge in [0.2, 0.25) is 0 Å². The Hall–Kier alpha value is -3.28.